The lowest BCUT2D eigenvalue weighted by Crippen LogP contribution is -2.59. The van der Waals surface area contributed by atoms with Gasteiger partial charge in [0.05, 0.1) is 27.3 Å². The van der Waals surface area contributed by atoms with Crippen molar-refractivity contribution in [2.24, 2.45) is 0 Å². The number of methoxy groups -OCH3 is 2. The van der Waals surface area contributed by atoms with Crippen molar-refractivity contribution >= 4 is 52.3 Å². The summed E-state index contributed by atoms with van der Waals surface area (Å²) in [6.45, 7) is 1.87. The Morgan fingerprint density at radius 1 is 1.03 bits per heavy atom. The number of ether oxygens (including phenoxy) is 3. The summed E-state index contributed by atoms with van der Waals surface area (Å²) in [6, 6.07) is 1.65. The largest absolute Gasteiger partial charge is 0.482 e. The third-order valence-corrected chi connectivity index (χ3v) is 8.07. The van der Waals surface area contributed by atoms with Gasteiger partial charge in [0.25, 0.3) is 5.91 Å². The normalized spacial score (nSPS) is 26.8. The van der Waals surface area contributed by atoms with Gasteiger partial charge in [0.15, 0.2) is 6.61 Å². The number of halogens is 4. The van der Waals surface area contributed by atoms with Crippen molar-refractivity contribution in [1.29, 1.82) is 0 Å². The van der Waals surface area contributed by atoms with Crippen molar-refractivity contribution in [2.75, 3.05) is 41.0 Å². The lowest BCUT2D eigenvalue weighted by Gasteiger charge is -2.47. The van der Waals surface area contributed by atoms with Gasteiger partial charge in [-0.1, -0.05) is 46.4 Å². The predicted molar refractivity (Wildman–Crippen MR) is 124 cm³/mol. The molecule has 31 heavy (non-hydrogen) atoms. The van der Waals surface area contributed by atoms with Gasteiger partial charge in [-0.2, -0.15) is 0 Å². The predicted octanol–water partition coefficient (Wildman–Crippen LogP) is 4.79. The second-order valence-electron chi connectivity index (χ2n) is 7.99. The topological polar surface area (TPSA) is 51.2 Å². The average molecular weight is 514 g/mol. The van der Waals surface area contributed by atoms with Crippen molar-refractivity contribution in [3.05, 3.63) is 26.2 Å². The number of carbonyl (C=O) groups is 1. The first-order valence-corrected chi connectivity index (χ1v) is 11.8. The molecule has 0 aromatic heterocycles. The molecule has 1 heterocycles. The van der Waals surface area contributed by atoms with Crippen LogP contribution in [0.3, 0.4) is 0 Å². The molecule has 2 aliphatic rings. The van der Waals surface area contributed by atoms with Crippen LogP contribution in [-0.4, -0.2) is 81.0 Å². The summed E-state index contributed by atoms with van der Waals surface area (Å²) in [7, 11) is 5.21. The second-order valence-corrected chi connectivity index (χ2v) is 9.53. The molecule has 1 saturated heterocycles. The molecule has 1 aliphatic heterocycles. The van der Waals surface area contributed by atoms with Crippen molar-refractivity contribution in [3.8, 4) is 5.75 Å². The smallest absolute Gasteiger partial charge is 0.260 e. The SMILES string of the molecule is COC1CC(N2CCCC2)C(N(C)C(=O)COc2cc(Cl)c(Cl)c(Cl)c2Cl)CC1OC. The van der Waals surface area contributed by atoms with Crippen molar-refractivity contribution < 1.29 is 19.0 Å². The Morgan fingerprint density at radius 2 is 1.65 bits per heavy atom. The zero-order valence-electron chi connectivity index (χ0n) is 17.9. The molecule has 6 nitrogen and oxygen atoms in total. The Hall–Kier alpha value is -0.470. The molecule has 4 atom stereocenters. The zero-order chi connectivity index (χ0) is 22.7. The molecule has 0 N–H and O–H groups in total. The number of amides is 1. The van der Waals surface area contributed by atoms with E-state index in [1.54, 1.807) is 19.1 Å². The highest BCUT2D eigenvalue weighted by Crippen LogP contribution is 2.42. The van der Waals surface area contributed by atoms with E-state index in [9.17, 15) is 4.79 Å². The second kappa shape index (κ2) is 11.1. The highest BCUT2D eigenvalue weighted by Gasteiger charge is 2.43. The molecule has 0 radical (unpaired) electrons. The Balaban J connectivity index is 1.72. The summed E-state index contributed by atoms with van der Waals surface area (Å²) in [6.07, 6.45) is 3.78. The third-order valence-electron chi connectivity index (χ3n) is 6.33. The minimum absolute atomic E-state index is 0.00348. The highest BCUT2D eigenvalue weighted by atomic mass is 35.5. The summed E-state index contributed by atoms with van der Waals surface area (Å²) in [5, 5.41) is 0.586. The Kier molecular flexibility index (Phi) is 9.01. The van der Waals surface area contributed by atoms with E-state index in [0.717, 1.165) is 19.5 Å². The van der Waals surface area contributed by atoms with Crippen LogP contribution in [0.15, 0.2) is 6.07 Å². The van der Waals surface area contributed by atoms with Crippen LogP contribution in [-0.2, 0) is 14.3 Å². The first kappa shape index (κ1) is 25.2. The van der Waals surface area contributed by atoms with Crippen LogP contribution in [0.5, 0.6) is 5.75 Å². The maximum absolute atomic E-state index is 13.0. The fourth-order valence-electron chi connectivity index (χ4n) is 4.55. The van der Waals surface area contributed by atoms with Gasteiger partial charge in [0.1, 0.15) is 10.8 Å². The van der Waals surface area contributed by atoms with E-state index in [4.69, 9.17) is 60.6 Å². The fourth-order valence-corrected chi connectivity index (χ4v) is 5.39. The molecule has 0 spiro atoms. The molecular weight excluding hydrogens is 486 g/mol. The Bertz CT molecular complexity index is 791. The monoisotopic (exact) mass is 512 g/mol. The molecule has 2 fully saturated rings. The molecule has 1 amide bonds. The highest BCUT2D eigenvalue weighted by molar-refractivity contribution is 6.52. The van der Waals surface area contributed by atoms with E-state index in [-0.39, 0.29) is 62.6 Å². The minimum atomic E-state index is -0.195. The summed E-state index contributed by atoms with van der Waals surface area (Å²) in [4.78, 5) is 17.3. The molecule has 3 rings (SSSR count). The van der Waals surface area contributed by atoms with Crippen LogP contribution in [0.25, 0.3) is 0 Å². The Labute approximate surface area is 203 Å². The van der Waals surface area contributed by atoms with E-state index >= 15 is 0 Å². The molecule has 10 heteroatoms. The average Bonchev–Trinajstić information content (AvgIpc) is 3.32. The zero-order valence-corrected chi connectivity index (χ0v) is 20.9. The molecule has 1 aliphatic carbocycles. The molecule has 1 saturated carbocycles. The maximum atomic E-state index is 13.0. The summed E-state index contributed by atoms with van der Waals surface area (Å²) in [5.41, 5.74) is 0. The quantitative estimate of drug-likeness (QED) is 0.387. The maximum Gasteiger partial charge on any atom is 0.260 e. The van der Waals surface area contributed by atoms with E-state index in [1.165, 1.54) is 18.9 Å². The van der Waals surface area contributed by atoms with Gasteiger partial charge in [-0.25, -0.2) is 0 Å². The molecular formula is C21H28Cl4N2O4. The van der Waals surface area contributed by atoms with Crippen LogP contribution >= 0.6 is 46.4 Å². The molecule has 174 valence electrons. The first-order chi connectivity index (χ1) is 14.8. The van der Waals surface area contributed by atoms with E-state index in [0.29, 0.717) is 6.42 Å². The summed E-state index contributed by atoms with van der Waals surface area (Å²) >= 11 is 24.3. The van der Waals surface area contributed by atoms with Gasteiger partial charge in [-0.3, -0.25) is 9.69 Å². The van der Waals surface area contributed by atoms with Crippen molar-refractivity contribution in [1.82, 2.24) is 9.80 Å². The van der Waals surface area contributed by atoms with E-state index in [2.05, 4.69) is 4.90 Å². The van der Waals surface area contributed by atoms with Crippen LogP contribution in [0, 0.1) is 0 Å². The van der Waals surface area contributed by atoms with E-state index < -0.39 is 0 Å². The van der Waals surface area contributed by atoms with Gasteiger partial charge in [-0.15, -0.1) is 0 Å². The van der Waals surface area contributed by atoms with E-state index in [1.807, 2.05) is 7.05 Å². The van der Waals surface area contributed by atoms with Crippen LogP contribution < -0.4 is 4.74 Å². The van der Waals surface area contributed by atoms with Crippen LogP contribution in [0.4, 0.5) is 0 Å². The van der Waals surface area contributed by atoms with Crippen LogP contribution in [0.1, 0.15) is 25.7 Å². The minimum Gasteiger partial charge on any atom is -0.482 e. The van der Waals surface area contributed by atoms with Gasteiger partial charge in [-0.05, 0) is 38.8 Å². The Morgan fingerprint density at radius 3 is 2.26 bits per heavy atom. The molecule has 1 aromatic rings. The number of hydrogen-bond acceptors (Lipinski definition) is 5. The fraction of sp³-hybridized carbons (Fsp3) is 0.667. The molecule has 1 aromatic carbocycles. The summed E-state index contributed by atoms with van der Waals surface area (Å²) < 4.78 is 17.0. The lowest BCUT2D eigenvalue weighted by molar-refractivity contribution is -0.142. The standard InChI is InChI=1S/C21H28Cl4N2O4/c1-26(18(28)11-31-17-8-12(22)19(23)21(25)20(17)24)13-9-15(29-2)16(30-3)10-14(13)27-6-4-5-7-27/h8,13-16H,4-7,9-11H2,1-3H3. The van der Waals surface area contributed by atoms with Gasteiger partial charge in [0.2, 0.25) is 0 Å². The summed E-state index contributed by atoms with van der Waals surface area (Å²) in [5.74, 6) is 0.0509. The van der Waals surface area contributed by atoms with Gasteiger partial charge in [0, 0.05) is 39.4 Å². The molecule has 4 unspecified atom stereocenters. The first-order valence-electron chi connectivity index (χ1n) is 10.3. The molecule has 0 bridgehead atoms. The number of likely N-dealkylation sites (tertiary alicyclic amines) is 1. The number of likely N-dealkylation sites (N-methyl/N-ethyl adjacent to an activating group) is 1. The number of nitrogens with zero attached hydrogens (tertiary/aromatic N) is 2. The van der Waals surface area contributed by atoms with Crippen LogP contribution in [0.2, 0.25) is 20.1 Å². The number of rotatable bonds is 7. The van der Waals surface area contributed by atoms with Crippen molar-refractivity contribution in [2.45, 2.75) is 50.0 Å². The van der Waals surface area contributed by atoms with Gasteiger partial charge < -0.3 is 19.1 Å². The number of benzene rings is 1. The number of hydrogen-bond donors (Lipinski definition) is 0. The third kappa shape index (κ3) is 5.55. The van der Waals surface area contributed by atoms with Crippen molar-refractivity contribution in [3.63, 3.8) is 0 Å². The number of carbonyl (C=O) groups excluding carboxylic acids is 1. The van der Waals surface area contributed by atoms with Gasteiger partial charge >= 0.3 is 0 Å². The lowest BCUT2D eigenvalue weighted by atomic mass is 9.84.